The van der Waals surface area contributed by atoms with Gasteiger partial charge in [-0.15, -0.1) is 0 Å². The van der Waals surface area contributed by atoms with Crippen LogP contribution >= 0.6 is 0 Å². The van der Waals surface area contributed by atoms with Crippen LogP contribution in [-0.2, 0) is 0 Å². The van der Waals surface area contributed by atoms with Gasteiger partial charge >= 0.3 is 0 Å². The van der Waals surface area contributed by atoms with Crippen LogP contribution in [0.1, 0.15) is 0 Å². The van der Waals surface area contributed by atoms with Gasteiger partial charge in [-0.05, 0) is 19.2 Å². The predicted octanol–water partition coefficient (Wildman–Crippen LogP) is 0.187. The average Bonchev–Trinajstić information content (AvgIpc) is 2.52. The lowest BCUT2D eigenvalue weighted by Gasteiger charge is -2.33. The second-order valence-corrected chi connectivity index (χ2v) is 5.30. The lowest BCUT2D eigenvalue weighted by Crippen LogP contribution is -2.52. The molecular formula is C15H25N3O3. The zero-order valence-electron chi connectivity index (χ0n) is 12.8. The Balaban J connectivity index is 1.66. The van der Waals surface area contributed by atoms with Gasteiger partial charge in [-0.2, -0.15) is 0 Å². The number of piperazine rings is 1. The number of nitrogens with zero attached hydrogens (tertiary/aromatic N) is 2. The maximum Gasteiger partial charge on any atom is 0.123 e. The van der Waals surface area contributed by atoms with Gasteiger partial charge in [0, 0.05) is 38.8 Å². The number of hydrogen-bond acceptors (Lipinski definition) is 6. The third kappa shape index (κ3) is 5.51. The first-order valence-electron chi connectivity index (χ1n) is 7.29. The number of rotatable bonds is 7. The van der Waals surface area contributed by atoms with Crippen molar-refractivity contribution in [1.29, 1.82) is 0 Å². The highest BCUT2D eigenvalue weighted by Crippen LogP contribution is 2.18. The molecule has 0 spiro atoms. The minimum atomic E-state index is -0.546. The van der Waals surface area contributed by atoms with Crippen LogP contribution in [0, 0.1) is 0 Å². The van der Waals surface area contributed by atoms with Crippen molar-refractivity contribution in [1.82, 2.24) is 15.3 Å². The number of likely N-dealkylation sites (N-methyl/N-ethyl adjacent to an activating group) is 1. The molecule has 0 aromatic heterocycles. The zero-order chi connectivity index (χ0) is 15.1. The van der Waals surface area contributed by atoms with Gasteiger partial charge < -0.3 is 19.5 Å². The van der Waals surface area contributed by atoms with Crippen LogP contribution in [0.15, 0.2) is 24.3 Å². The van der Waals surface area contributed by atoms with Crippen LogP contribution in [-0.4, -0.2) is 74.6 Å². The van der Waals surface area contributed by atoms with E-state index >= 15 is 0 Å². The Kier molecular flexibility index (Phi) is 6.25. The minimum Gasteiger partial charge on any atom is -0.497 e. The van der Waals surface area contributed by atoms with E-state index in [9.17, 15) is 5.11 Å². The molecule has 6 nitrogen and oxygen atoms in total. The topological polar surface area (TPSA) is 57.2 Å². The van der Waals surface area contributed by atoms with Crippen molar-refractivity contribution in [2.75, 3.05) is 53.5 Å². The molecule has 1 unspecified atom stereocenters. The summed E-state index contributed by atoms with van der Waals surface area (Å²) in [5, 5.41) is 12.1. The fourth-order valence-corrected chi connectivity index (χ4v) is 2.14. The Morgan fingerprint density at radius 2 is 1.95 bits per heavy atom. The van der Waals surface area contributed by atoms with E-state index in [0.717, 1.165) is 31.9 Å². The highest BCUT2D eigenvalue weighted by molar-refractivity contribution is 5.32. The Morgan fingerprint density at radius 1 is 1.24 bits per heavy atom. The normalized spacial score (nSPS) is 18.4. The van der Waals surface area contributed by atoms with Crippen molar-refractivity contribution in [2.45, 2.75) is 6.10 Å². The fourth-order valence-electron chi connectivity index (χ4n) is 2.14. The number of benzene rings is 1. The summed E-state index contributed by atoms with van der Waals surface area (Å²) in [4.78, 5) is 2.29. The highest BCUT2D eigenvalue weighted by atomic mass is 16.5. The second kappa shape index (κ2) is 8.19. The molecule has 0 radical (unpaired) electrons. The molecule has 2 N–H and O–H groups in total. The standard InChI is InChI=1S/C15H25N3O3/c1-17-6-8-18(9-7-17)16-11-13(19)12-21-15-5-3-4-14(10-15)20-2/h3-5,10,13,16,19H,6-9,11-12H2,1-2H3. The summed E-state index contributed by atoms with van der Waals surface area (Å²) in [6.07, 6.45) is -0.546. The first-order valence-corrected chi connectivity index (χ1v) is 7.29. The maximum atomic E-state index is 9.96. The van der Waals surface area contributed by atoms with Crippen molar-refractivity contribution in [3.63, 3.8) is 0 Å². The van der Waals surface area contributed by atoms with E-state index < -0.39 is 6.10 Å². The van der Waals surface area contributed by atoms with E-state index in [1.54, 1.807) is 13.2 Å². The predicted molar refractivity (Wildman–Crippen MR) is 81.6 cm³/mol. The van der Waals surface area contributed by atoms with Crippen LogP contribution < -0.4 is 14.9 Å². The fraction of sp³-hybridized carbons (Fsp3) is 0.600. The Labute approximate surface area is 126 Å². The number of hydrazine groups is 1. The first-order chi connectivity index (χ1) is 10.2. The second-order valence-electron chi connectivity index (χ2n) is 5.30. The summed E-state index contributed by atoms with van der Waals surface area (Å²) < 4.78 is 10.7. The summed E-state index contributed by atoms with van der Waals surface area (Å²) in [5.41, 5.74) is 3.25. The molecule has 1 atom stereocenters. The molecule has 0 amide bonds. The molecular weight excluding hydrogens is 270 g/mol. The van der Waals surface area contributed by atoms with E-state index in [1.165, 1.54) is 0 Å². The number of methoxy groups -OCH3 is 1. The number of nitrogens with one attached hydrogen (secondary N) is 1. The van der Waals surface area contributed by atoms with E-state index in [1.807, 2.05) is 18.2 Å². The molecule has 1 aliphatic heterocycles. The Hall–Kier alpha value is -1.34. The van der Waals surface area contributed by atoms with E-state index in [2.05, 4.69) is 22.4 Å². The minimum absolute atomic E-state index is 0.258. The van der Waals surface area contributed by atoms with Crippen LogP contribution in [0.2, 0.25) is 0 Å². The summed E-state index contributed by atoms with van der Waals surface area (Å²) in [6.45, 7) is 4.79. The maximum absolute atomic E-state index is 9.96. The van der Waals surface area contributed by atoms with Gasteiger partial charge in [-0.1, -0.05) is 6.07 Å². The van der Waals surface area contributed by atoms with E-state index in [0.29, 0.717) is 12.3 Å². The van der Waals surface area contributed by atoms with Gasteiger partial charge in [-0.25, -0.2) is 5.01 Å². The molecule has 2 rings (SSSR count). The first kappa shape index (κ1) is 16.0. The summed E-state index contributed by atoms with van der Waals surface area (Å²) in [7, 11) is 3.74. The van der Waals surface area contributed by atoms with Crippen molar-refractivity contribution in [3.05, 3.63) is 24.3 Å². The molecule has 1 aromatic carbocycles. The average molecular weight is 295 g/mol. The van der Waals surface area contributed by atoms with Crippen molar-refractivity contribution < 1.29 is 14.6 Å². The molecule has 1 heterocycles. The monoisotopic (exact) mass is 295 g/mol. The smallest absolute Gasteiger partial charge is 0.123 e. The number of ether oxygens (including phenoxy) is 2. The lowest BCUT2D eigenvalue weighted by atomic mass is 10.3. The Bertz CT molecular complexity index is 422. The summed E-state index contributed by atoms with van der Waals surface area (Å²) >= 11 is 0. The largest absolute Gasteiger partial charge is 0.497 e. The van der Waals surface area contributed by atoms with Crippen LogP contribution in [0.25, 0.3) is 0 Å². The van der Waals surface area contributed by atoms with E-state index in [-0.39, 0.29) is 6.61 Å². The molecule has 0 bridgehead atoms. The highest BCUT2D eigenvalue weighted by Gasteiger charge is 2.14. The molecule has 1 aliphatic rings. The number of aliphatic hydroxyl groups excluding tert-OH is 1. The van der Waals surface area contributed by atoms with E-state index in [4.69, 9.17) is 9.47 Å². The number of hydrogen-bond donors (Lipinski definition) is 2. The summed E-state index contributed by atoms with van der Waals surface area (Å²) in [6, 6.07) is 7.38. The van der Waals surface area contributed by atoms with Gasteiger partial charge in [-0.3, -0.25) is 5.43 Å². The third-order valence-electron chi connectivity index (χ3n) is 3.54. The van der Waals surface area contributed by atoms with Crippen LogP contribution in [0.3, 0.4) is 0 Å². The number of aliphatic hydroxyl groups is 1. The van der Waals surface area contributed by atoms with Gasteiger partial charge in [0.05, 0.1) is 7.11 Å². The molecule has 1 fully saturated rings. The van der Waals surface area contributed by atoms with Crippen LogP contribution in [0.4, 0.5) is 0 Å². The molecule has 21 heavy (non-hydrogen) atoms. The third-order valence-corrected chi connectivity index (χ3v) is 3.54. The zero-order valence-corrected chi connectivity index (χ0v) is 12.8. The van der Waals surface area contributed by atoms with Gasteiger partial charge in [0.2, 0.25) is 0 Å². The molecule has 0 saturated carbocycles. The Morgan fingerprint density at radius 3 is 2.67 bits per heavy atom. The quantitative estimate of drug-likeness (QED) is 0.749. The van der Waals surface area contributed by atoms with Crippen molar-refractivity contribution >= 4 is 0 Å². The molecule has 118 valence electrons. The van der Waals surface area contributed by atoms with Gasteiger partial charge in [0.25, 0.3) is 0 Å². The lowest BCUT2D eigenvalue weighted by molar-refractivity contribution is 0.0548. The molecule has 6 heteroatoms. The van der Waals surface area contributed by atoms with Crippen molar-refractivity contribution in [3.8, 4) is 11.5 Å². The summed E-state index contributed by atoms with van der Waals surface area (Å²) in [5.74, 6) is 1.45. The SMILES string of the molecule is COc1cccc(OCC(O)CNN2CCN(C)CC2)c1. The van der Waals surface area contributed by atoms with Gasteiger partial charge in [0.15, 0.2) is 0 Å². The molecule has 1 saturated heterocycles. The molecule has 0 aliphatic carbocycles. The van der Waals surface area contributed by atoms with Gasteiger partial charge in [0.1, 0.15) is 24.2 Å². The van der Waals surface area contributed by atoms with Crippen LogP contribution in [0.5, 0.6) is 11.5 Å². The van der Waals surface area contributed by atoms with Crippen molar-refractivity contribution in [2.24, 2.45) is 0 Å². The molecule has 1 aromatic rings.